The average Bonchev–Trinajstić information content (AvgIpc) is 3.12. The molecule has 160 valence electrons. The van der Waals surface area contributed by atoms with Gasteiger partial charge in [-0.05, 0) is 19.0 Å². The van der Waals surface area contributed by atoms with Crippen molar-refractivity contribution in [2.24, 2.45) is 13.0 Å². The number of aromatic amines is 1. The Balaban J connectivity index is 1.67. The molecular formula is C19H26N8O2S. The van der Waals surface area contributed by atoms with Crippen molar-refractivity contribution in [1.29, 1.82) is 0 Å². The van der Waals surface area contributed by atoms with E-state index in [0.29, 0.717) is 17.7 Å². The van der Waals surface area contributed by atoms with Crippen molar-refractivity contribution in [2.45, 2.75) is 18.6 Å². The molecule has 0 aromatic carbocycles. The summed E-state index contributed by atoms with van der Waals surface area (Å²) in [5.41, 5.74) is 0.0156. The average molecular weight is 431 g/mol. The van der Waals surface area contributed by atoms with Crippen molar-refractivity contribution >= 4 is 28.9 Å². The molecule has 0 spiro atoms. The molecule has 0 amide bonds. The minimum atomic E-state index is -0.452. The molecule has 3 aromatic rings. The molecule has 1 aliphatic rings. The highest BCUT2D eigenvalue weighted by molar-refractivity contribution is 7.99. The van der Waals surface area contributed by atoms with Crippen molar-refractivity contribution in [3.8, 4) is 0 Å². The third-order valence-corrected chi connectivity index (χ3v) is 6.51. The fraction of sp³-hybridized carbons (Fsp3) is 0.526. The van der Waals surface area contributed by atoms with Gasteiger partial charge in [0.05, 0.1) is 0 Å². The van der Waals surface area contributed by atoms with Gasteiger partial charge in [-0.3, -0.25) is 14.3 Å². The molecule has 0 saturated carbocycles. The van der Waals surface area contributed by atoms with E-state index >= 15 is 0 Å². The monoisotopic (exact) mass is 430 g/mol. The molecule has 4 rings (SSSR count). The Bertz CT molecular complexity index is 1130. The normalized spacial score (nSPS) is 16.3. The van der Waals surface area contributed by atoms with E-state index in [1.807, 2.05) is 4.57 Å². The van der Waals surface area contributed by atoms with Crippen molar-refractivity contribution in [3.63, 3.8) is 0 Å². The van der Waals surface area contributed by atoms with E-state index in [2.05, 4.69) is 38.7 Å². The Hall–Kier alpha value is -2.66. The predicted molar refractivity (Wildman–Crippen MR) is 117 cm³/mol. The molecule has 1 fully saturated rings. The topological polar surface area (TPSA) is 105 Å². The Morgan fingerprint density at radius 2 is 1.83 bits per heavy atom. The van der Waals surface area contributed by atoms with Crippen molar-refractivity contribution in [2.75, 3.05) is 43.9 Å². The van der Waals surface area contributed by atoms with Gasteiger partial charge < -0.3 is 14.4 Å². The van der Waals surface area contributed by atoms with Crippen LogP contribution in [0.4, 0.5) is 5.95 Å². The second kappa shape index (κ2) is 8.60. The Morgan fingerprint density at radius 1 is 1.13 bits per heavy atom. The molecular weight excluding hydrogens is 404 g/mol. The van der Waals surface area contributed by atoms with Crippen molar-refractivity contribution in [3.05, 3.63) is 39.3 Å². The predicted octanol–water partition coefficient (Wildman–Crippen LogP) is 0.394. The fourth-order valence-corrected chi connectivity index (χ4v) is 4.39. The number of likely N-dealkylation sites (N-methyl/N-ethyl adjacent to an activating group) is 1. The lowest BCUT2D eigenvalue weighted by Gasteiger charge is -2.33. The number of nitrogens with one attached hydrogen (secondary N) is 1. The summed E-state index contributed by atoms with van der Waals surface area (Å²) < 4.78 is 3.38. The van der Waals surface area contributed by atoms with Gasteiger partial charge in [0.1, 0.15) is 0 Å². The van der Waals surface area contributed by atoms with E-state index in [-0.39, 0.29) is 5.92 Å². The maximum Gasteiger partial charge on any atom is 0.329 e. The number of rotatable bonds is 6. The quantitative estimate of drug-likeness (QED) is 0.442. The molecule has 1 saturated heterocycles. The van der Waals surface area contributed by atoms with Gasteiger partial charge in [-0.25, -0.2) is 14.8 Å². The van der Waals surface area contributed by atoms with Crippen LogP contribution in [-0.4, -0.2) is 72.9 Å². The van der Waals surface area contributed by atoms with Crippen molar-refractivity contribution < 1.29 is 0 Å². The number of H-pyrrole nitrogens is 1. The molecule has 0 radical (unpaired) electrons. The van der Waals surface area contributed by atoms with E-state index in [1.54, 1.807) is 37.3 Å². The smallest absolute Gasteiger partial charge is 0.329 e. The Kier molecular flexibility index (Phi) is 5.91. The molecule has 30 heavy (non-hydrogen) atoms. The summed E-state index contributed by atoms with van der Waals surface area (Å²) in [5, 5.41) is 0.736. The lowest BCUT2D eigenvalue weighted by atomic mass is 10.2. The molecule has 1 aliphatic heterocycles. The number of imidazole rings is 1. The highest BCUT2D eigenvalue weighted by atomic mass is 32.2. The number of thioether (sulfide) groups is 1. The van der Waals surface area contributed by atoms with Crippen LogP contribution in [0.5, 0.6) is 0 Å². The van der Waals surface area contributed by atoms with Crippen LogP contribution in [0, 0.1) is 5.92 Å². The third kappa shape index (κ3) is 4.12. The number of hydrogen-bond acceptors (Lipinski definition) is 8. The number of piperazine rings is 1. The number of aryl methyl sites for hydroxylation is 1. The van der Waals surface area contributed by atoms with Crippen LogP contribution in [0.3, 0.4) is 0 Å². The van der Waals surface area contributed by atoms with Crippen LogP contribution in [0.2, 0.25) is 0 Å². The van der Waals surface area contributed by atoms with Crippen LogP contribution >= 0.6 is 11.8 Å². The van der Waals surface area contributed by atoms with Crippen LogP contribution < -0.4 is 16.1 Å². The molecule has 0 bridgehead atoms. The van der Waals surface area contributed by atoms with E-state index < -0.39 is 11.2 Å². The molecule has 4 heterocycles. The number of fused-ring (bicyclic) bond motifs is 1. The molecule has 0 aliphatic carbocycles. The number of nitrogens with zero attached hydrogens (tertiary/aromatic N) is 7. The molecule has 1 N–H and O–H groups in total. The van der Waals surface area contributed by atoms with Gasteiger partial charge in [-0.2, -0.15) is 4.98 Å². The number of hydrogen-bond donors (Lipinski definition) is 1. The summed E-state index contributed by atoms with van der Waals surface area (Å²) in [4.78, 5) is 44.9. The first-order valence-electron chi connectivity index (χ1n) is 9.97. The lowest BCUT2D eigenvalue weighted by molar-refractivity contribution is 0.309. The van der Waals surface area contributed by atoms with E-state index in [4.69, 9.17) is 4.98 Å². The van der Waals surface area contributed by atoms with Gasteiger partial charge in [-0.1, -0.05) is 18.7 Å². The van der Waals surface area contributed by atoms with E-state index in [1.165, 1.54) is 4.57 Å². The van der Waals surface area contributed by atoms with E-state index in [9.17, 15) is 9.59 Å². The molecule has 0 unspecified atom stereocenters. The zero-order valence-electron chi connectivity index (χ0n) is 17.4. The highest BCUT2D eigenvalue weighted by Crippen LogP contribution is 2.24. The zero-order chi connectivity index (χ0) is 21.3. The first kappa shape index (κ1) is 20.6. The van der Waals surface area contributed by atoms with Gasteiger partial charge in [0.25, 0.3) is 5.56 Å². The SMILES string of the molecule is C[C@H](CSc1ncccn1)Cn1c(N2CCN(C)CC2)nc2c1c(=O)[nH]c(=O)n2C. The molecule has 10 nitrogen and oxygen atoms in total. The molecule has 3 aromatic heterocycles. The van der Waals surface area contributed by atoms with Gasteiger partial charge >= 0.3 is 5.69 Å². The lowest BCUT2D eigenvalue weighted by Crippen LogP contribution is -2.45. The minimum Gasteiger partial charge on any atom is -0.340 e. The number of aromatic nitrogens is 6. The second-order valence-corrected chi connectivity index (χ2v) is 8.74. The number of anilines is 1. The van der Waals surface area contributed by atoms with Crippen molar-refractivity contribution in [1.82, 2.24) is 34.0 Å². The highest BCUT2D eigenvalue weighted by Gasteiger charge is 2.24. The van der Waals surface area contributed by atoms with Crippen LogP contribution in [0.15, 0.2) is 33.2 Å². The van der Waals surface area contributed by atoms with Crippen LogP contribution in [0.1, 0.15) is 6.92 Å². The summed E-state index contributed by atoms with van der Waals surface area (Å²) in [5.74, 6) is 1.78. The van der Waals surface area contributed by atoms with Gasteiger partial charge in [0.15, 0.2) is 16.3 Å². The summed E-state index contributed by atoms with van der Waals surface area (Å²) in [6.07, 6.45) is 3.46. The first-order chi connectivity index (χ1) is 14.4. The summed E-state index contributed by atoms with van der Waals surface area (Å²) in [6.45, 7) is 6.24. The minimum absolute atomic E-state index is 0.235. The summed E-state index contributed by atoms with van der Waals surface area (Å²) in [6, 6.07) is 1.80. The van der Waals surface area contributed by atoms with Crippen LogP contribution in [0.25, 0.3) is 11.2 Å². The van der Waals surface area contributed by atoms with E-state index in [0.717, 1.165) is 43.0 Å². The van der Waals surface area contributed by atoms with Gasteiger partial charge in [0.2, 0.25) is 5.95 Å². The maximum atomic E-state index is 12.7. The first-order valence-corrected chi connectivity index (χ1v) is 11.0. The standard InChI is InChI=1S/C19H26N8O2S/c1-13(12-30-17-20-5-4-6-21-17)11-27-14-15(25(3)19(29)23-16(14)28)22-18(27)26-9-7-24(2)8-10-26/h4-6,13H,7-12H2,1-3H3,(H,23,28,29)/t13-/m0/s1. The third-order valence-electron chi connectivity index (χ3n) is 5.31. The Labute approximate surface area is 178 Å². The zero-order valence-corrected chi connectivity index (χ0v) is 18.2. The van der Waals surface area contributed by atoms with Crippen LogP contribution in [-0.2, 0) is 13.6 Å². The van der Waals surface area contributed by atoms with Gasteiger partial charge in [0, 0.05) is 57.9 Å². The summed E-state index contributed by atoms with van der Waals surface area (Å²) in [7, 11) is 3.73. The Morgan fingerprint density at radius 3 is 2.53 bits per heavy atom. The molecule has 1 atom stereocenters. The maximum absolute atomic E-state index is 12.7. The summed E-state index contributed by atoms with van der Waals surface area (Å²) >= 11 is 1.59. The fourth-order valence-electron chi connectivity index (χ4n) is 3.59. The van der Waals surface area contributed by atoms with Gasteiger partial charge in [-0.15, -0.1) is 0 Å². The molecule has 11 heteroatoms. The second-order valence-electron chi connectivity index (χ2n) is 7.75. The largest absolute Gasteiger partial charge is 0.340 e.